The number of amides is 3. The molecular formula is C21H19ClN4O3S. The minimum Gasteiger partial charge on any atom is -0.329 e. The Morgan fingerprint density at radius 3 is 2.70 bits per heavy atom. The fourth-order valence-corrected chi connectivity index (χ4v) is 4.43. The van der Waals surface area contributed by atoms with E-state index in [1.807, 2.05) is 31.2 Å². The third-order valence-corrected chi connectivity index (χ3v) is 6.35. The molecule has 0 radical (unpaired) electrons. The van der Waals surface area contributed by atoms with E-state index in [2.05, 4.69) is 5.32 Å². The Morgan fingerprint density at radius 2 is 1.93 bits per heavy atom. The summed E-state index contributed by atoms with van der Waals surface area (Å²) in [7, 11) is 0. The zero-order chi connectivity index (χ0) is 21.3. The quantitative estimate of drug-likeness (QED) is 0.274. The van der Waals surface area contributed by atoms with Gasteiger partial charge in [0.15, 0.2) is 5.16 Å². The molecule has 3 aromatic rings. The van der Waals surface area contributed by atoms with E-state index in [1.165, 1.54) is 16.7 Å². The predicted molar refractivity (Wildman–Crippen MR) is 118 cm³/mol. The Bertz CT molecular complexity index is 1190. The van der Waals surface area contributed by atoms with E-state index in [0.717, 1.165) is 5.56 Å². The van der Waals surface area contributed by atoms with Gasteiger partial charge in [-0.25, -0.2) is 9.78 Å². The zero-order valence-electron chi connectivity index (χ0n) is 16.2. The fourth-order valence-electron chi connectivity index (χ4n) is 3.33. The standard InChI is InChI=1S/C21H19ClN4O3S/c1-13-15(22)7-4-9-17(13)26-19(28)14-6-2-3-8-16(14)24-21(26)30-11-5-10-25-18(27)12-23-20(25)29/h2-4,6-9H,5,10-12H2,1H3,(H,23,29). The molecule has 0 aliphatic carbocycles. The van der Waals surface area contributed by atoms with Gasteiger partial charge >= 0.3 is 6.03 Å². The molecule has 1 saturated heterocycles. The van der Waals surface area contributed by atoms with E-state index < -0.39 is 0 Å². The Labute approximate surface area is 182 Å². The van der Waals surface area contributed by atoms with Gasteiger partial charge in [-0.05, 0) is 43.2 Å². The molecule has 0 saturated carbocycles. The lowest BCUT2D eigenvalue weighted by Gasteiger charge is -2.16. The lowest BCUT2D eigenvalue weighted by molar-refractivity contribution is -0.124. The smallest absolute Gasteiger partial charge is 0.324 e. The Balaban J connectivity index is 1.66. The van der Waals surface area contributed by atoms with Gasteiger partial charge in [0.1, 0.15) is 0 Å². The second-order valence-corrected chi connectivity index (χ2v) is 8.31. The molecule has 4 rings (SSSR count). The number of nitrogens with zero attached hydrogens (tertiary/aromatic N) is 3. The van der Waals surface area contributed by atoms with E-state index >= 15 is 0 Å². The Kier molecular flexibility index (Phi) is 5.78. The third-order valence-electron chi connectivity index (χ3n) is 4.92. The number of halogens is 1. The van der Waals surface area contributed by atoms with Gasteiger partial charge in [0.2, 0.25) is 5.91 Å². The second kappa shape index (κ2) is 8.49. The second-order valence-electron chi connectivity index (χ2n) is 6.84. The highest BCUT2D eigenvalue weighted by Crippen LogP contribution is 2.27. The first-order chi connectivity index (χ1) is 14.5. The van der Waals surface area contributed by atoms with Crippen LogP contribution >= 0.6 is 23.4 Å². The van der Waals surface area contributed by atoms with Crippen LogP contribution in [0.5, 0.6) is 0 Å². The largest absolute Gasteiger partial charge is 0.329 e. The topological polar surface area (TPSA) is 84.3 Å². The van der Waals surface area contributed by atoms with Crippen LogP contribution in [0.15, 0.2) is 52.4 Å². The van der Waals surface area contributed by atoms with E-state index in [4.69, 9.17) is 16.6 Å². The number of fused-ring (bicyclic) bond motifs is 1. The van der Waals surface area contributed by atoms with E-state index in [-0.39, 0.29) is 24.0 Å². The number of benzene rings is 2. The van der Waals surface area contributed by atoms with Crippen LogP contribution in [0.3, 0.4) is 0 Å². The summed E-state index contributed by atoms with van der Waals surface area (Å²) in [4.78, 5) is 42.6. The number of carbonyl (C=O) groups is 2. The number of urea groups is 1. The Morgan fingerprint density at radius 1 is 1.13 bits per heavy atom. The van der Waals surface area contributed by atoms with E-state index in [9.17, 15) is 14.4 Å². The van der Waals surface area contributed by atoms with Crippen LogP contribution < -0.4 is 10.9 Å². The number of carbonyl (C=O) groups excluding carboxylic acids is 2. The summed E-state index contributed by atoms with van der Waals surface area (Å²) in [6.45, 7) is 2.24. The molecule has 1 aliphatic heterocycles. The van der Waals surface area contributed by atoms with Crippen molar-refractivity contribution in [1.82, 2.24) is 19.8 Å². The summed E-state index contributed by atoms with van der Waals surface area (Å²) >= 11 is 7.71. The number of hydrogen-bond donors (Lipinski definition) is 1. The molecule has 30 heavy (non-hydrogen) atoms. The summed E-state index contributed by atoms with van der Waals surface area (Å²) in [5.41, 5.74) is 1.93. The predicted octanol–water partition coefficient (Wildman–Crippen LogP) is 3.38. The maximum atomic E-state index is 13.3. The minimum absolute atomic E-state index is 0.0474. The molecule has 2 heterocycles. The molecule has 154 valence electrons. The first kappa shape index (κ1) is 20.4. The van der Waals surface area contributed by atoms with Crippen molar-refractivity contribution in [1.29, 1.82) is 0 Å². The molecular weight excluding hydrogens is 424 g/mol. The molecule has 0 atom stereocenters. The SMILES string of the molecule is Cc1c(Cl)cccc1-n1c(SCCCN2C(=O)CNC2=O)nc2ccccc2c1=O. The van der Waals surface area contributed by atoms with Gasteiger partial charge < -0.3 is 5.32 Å². The van der Waals surface area contributed by atoms with Crippen molar-refractivity contribution in [2.45, 2.75) is 18.5 Å². The summed E-state index contributed by atoms with van der Waals surface area (Å²) in [5.74, 6) is 0.363. The van der Waals surface area contributed by atoms with E-state index in [1.54, 1.807) is 22.8 Å². The number of nitrogens with one attached hydrogen (secondary N) is 1. The molecule has 0 spiro atoms. The normalized spacial score (nSPS) is 13.9. The van der Waals surface area contributed by atoms with Gasteiger partial charge in [-0.3, -0.25) is 19.1 Å². The number of imide groups is 1. The number of aromatic nitrogens is 2. The molecule has 3 amide bonds. The minimum atomic E-state index is -0.361. The molecule has 0 unspecified atom stereocenters. The molecule has 7 nitrogen and oxygen atoms in total. The highest BCUT2D eigenvalue weighted by molar-refractivity contribution is 7.99. The molecule has 1 aliphatic rings. The van der Waals surface area contributed by atoms with Crippen LogP contribution in [0.1, 0.15) is 12.0 Å². The van der Waals surface area contributed by atoms with Crippen LogP contribution in [-0.4, -0.2) is 45.2 Å². The van der Waals surface area contributed by atoms with Gasteiger partial charge in [-0.2, -0.15) is 0 Å². The van der Waals surface area contributed by atoms with Crippen LogP contribution in [0, 0.1) is 6.92 Å². The molecule has 2 aromatic carbocycles. The highest BCUT2D eigenvalue weighted by Gasteiger charge is 2.27. The highest BCUT2D eigenvalue weighted by atomic mass is 35.5. The summed E-state index contributed by atoms with van der Waals surface area (Å²) < 4.78 is 1.59. The molecule has 9 heteroatoms. The summed E-state index contributed by atoms with van der Waals surface area (Å²) in [6.07, 6.45) is 0.584. The fraction of sp³-hybridized carbons (Fsp3) is 0.238. The zero-order valence-corrected chi connectivity index (χ0v) is 17.8. The monoisotopic (exact) mass is 442 g/mol. The number of hydrogen-bond acceptors (Lipinski definition) is 5. The lowest BCUT2D eigenvalue weighted by Crippen LogP contribution is -2.32. The van der Waals surface area contributed by atoms with Gasteiger partial charge in [-0.1, -0.05) is 41.6 Å². The molecule has 1 fully saturated rings. The van der Waals surface area contributed by atoms with Crippen molar-refractivity contribution in [3.63, 3.8) is 0 Å². The molecule has 1 N–H and O–H groups in total. The van der Waals surface area contributed by atoms with Crippen LogP contribution in [0.25, 0.3) is 16.6 Å². The average Bonchev–Trinajstić information content (AvgIpc) is 3.06. The van der Waals surface area contributed by atoms with Gasteiger partial charge in [0, 0.05) is 17.3 Å². The molecule has 1 aromatic heterocycles. The summed E-state index contributed by atoms with van der Waals surface area (Å²) in [6, 6.07) is 12.3. The first-order valence-electron chi connectivity index (χ1n) is 9.45. The van der Waals surface area contributed by atoms with Crippen LogP contribution in [0.4, 0.5) is 4.79 Å². The number of rotatable bonds is 6. The maximum absolute atomic E-state index is 13.3. The van der Waals surface area contributed by atoms with E-state index in [0.29, 0.717) is 45.5 Å². The summed E-state index contributed by atoms with van der Waals surface area (Å²) in [5, 5.41) is 4.15. The Hall–Kier alpha value is -2.84. The van der Waals surface area contributed by atoms with Crippen molar-refractivity contribution >= 4 is 46.2 Å². The molecule has 0 bridgehead atoms. The maximum Gasteiger partial charge on any atom is 0.324 e. The number of para-hydroxylation sites is 1. The van der Waals surface area contributed by atoms with Gasteiger partial charge in [-0.15, -0.1) is 0 Å². The third kappa shape index (κ3) is 3.80. The average molecular weight is 443 g/mol. The van der Waals surface area contributed by atoms with Gasteiger partial charge in [0.25, 0.3) is 5.56 Å². The van der Waals surface area contributed by atoms with Gasteiger partial charge in [0.05, 0.1) is 23.1 Å². The van der Waals surface area contributed by atoms with Crippen molar-refractivity contribution < 1.29 is 9.59 Å². The van der Waals surface area contributed by atoms with Crippen molar-refractivity contribution in [2.24, 2.45) is 0 Å². The number of thioether (sulfide) groups is 1. The lowest BCUT2D eigenvalue weighted by atomic mass is 10.2. The van der Waals surface area contributed by atoms with Crippen molar-refractivity contribution in [3.8, 4) is 5.69 Å². The van der Waals surface area contributed by atoms with Crippen LogP contribution in [0.2, 0.25) is 5.02 Å². The van der Waals surface area contributed by atoms with Crippen LogP contribution in [-0.2, 0) is 4.79 Å². The first-order valence-corrected chi connectivity index (χ1v) is 10.8. The van der Waals surface area contributed by atoms with Crippen molar-refractivity contribution in [3.05, 3.63) is 63.4 Å². The van der Waals surface area contributed by atoms with Crippen molar-refractivity contribution in [2.75, 3.05) is 18.8 Å².